The van der Waals surface area contributed by atoms with Gasteiger partial charge in [0.05, 0.1) is 25.5 Å². The van der Waals surface area contributed by atoms with Gasteiger partial charge >= 0.3 is 0 Å². The first kappa shape index (κ1) is 17.0. The monoisotopic (exact) mass is 367 g/mol. The van der Waals surface area contributed by atoms with E-state index >= 15 is 0 Å². The summed E-state index contributed by atoms with van der Waals surface area (Å²) in [7, 11) is -3.69. The third-order valence-corrected chi connectivity index (χ3v) is 6.56. The molecule has 0 unspecified atom stereocenters. The molecule has 0 atom stereocenters. The van der Waals surface area contributed by atoms with Gasteiger partial charge in [-0.3, -0.25) is 9.78 Å². The minimum absolute atomic E-state index is 0.0490. The first-order valence-corrected chi connectivity index (χ1v) is 9.74. The highest BCUT2D eigenvalue weighted by molar-refractivity contribution is 7.89. The van der Waals surface area contributed by atoms with Gasteiger partial charge in [0.15, 0.2) is 0 Å². The molecule has 1 aliphatic rings. The number of nitrogens with one attached hydrogen (secondary N) is 1. The number of pyridine rings is 1. The Morgan fingerprint density at radius 2 is 2.08 bits per heavy atom. The molecule has 24 heavy (non-hydrogen) atoms. The van der Waals surface area contributed by atoms with Crippen molar-refractivity contribution in [2.75, 3.05) is 26.3 Å². The van der Waals surface area contributed by atoms with E-state index in [9.17, 15) is 13.2 Å². The summed E-state index contributed by atoms with van der Waals surface area (Å²) >= 11 is 1.11. The van der Waals surface area contributed by atoms with Crippen molar-refractivity contribution in [3.63, 3.8) is 0 Å². The number of hydrogen-bond donors (Lipinski definition) is 1. The van der Waals surface area contributed by atoms with Crippen molar-refractivity contribution in [3.8, 4) is 0 Å². The molecule has 2 aromatic heterocycles. The average Bonchev–Trinajstić information content (AvgIpc) is 3.12. The predicted octanol–water partition coefficient (Wildman–Crippen LogP) is 1.09. The molecule has 1 saturated heterocycles. The minimum Gasteiger partial charge on any atom is -0.379 e. The molecule has 0 saturated carbocycles. The molecule has 128 valence electrons. The molecule has 1 amide bonds. The topological polar surface area (TPSA) is 88.6 Å². The van der Waals surface area contributed by atoms with Gasteiger partial charge in [-0.1, -0.05) is 6.07 Å². The van der Waals surface area contributed by atoms with E-state index < -0.39 is 15.9 Å². The fourth-order valence-electron chi connectivity index (χ4n) is 2.35. The molecule has 1 aliphatic heterocycles. The van der Waals surface area contributed by atoms with Gasteiger partial charge in [-0.25, -0.2) is 8.42 Å². The number of sulfonamides is 1. The smallest absolute Gasteiger partial charge is 0.263 e. The Labute approximate surface area is 144 Å². The van der Waals surface area contributed by atoms with Crippen LogP contribution in [0.25, 0.3) is 0 Å². The quantitative estimate of drug-likeness (QED) is 0.855. The van der Waals surface area contributed by atoms with Gasteiger partial charge in [0.25, 0.3) is 5.91 Å². The third kappa shape index (κ3) is 3.64. The van der Waals surface area contributed by atoms with Crippen molar-refractivity contribution < 1.29 is 17.9 Å². The summed E-state index contributed by atoms with van der Waals surface area (Å²) in [5.74, 6) is -0.414. The summed E-state index contributed by atoms with van der Waals surface area (Å²) in [6, 6.07) is 6.89. The lowest BCUT2D eigenvalue weighted by molar-refractivity contribution is 0.0730. The van der Waals surface area contributed by atoms with Crippen LogP contribution in [0.4, 0.5) is 0 Å². The maximum Gasteiger partial charge on any atom is 0.263 e. The molecule has 3 heterocycles. The van der Waals surface area contributed by atoms with Crippen molar-refractivity contribution in [3.05, 3.63) is 46.4 Å². The van der Waals surface area contributed by atoms with Crippen molar-refractivity contribution in [1.82, 2.24) is 14.6 Å². The van der Waals surface area contributed by atoms with E-state index in [2.05, 4.69) is 10.3 Å². The van der Waals surface area contributed by atoms with E-state index in [1.807, 2.05) is 6.07 Å². The molecule has 0 spiro atoms. The zero-order valence-electron chi connectivity index (χ0n) is 12.8. The fourth-order valence-corrected chi connectivity index (χ4v) is 5.07. The van der Waals surface area contributed by atoms with Crippen molar-refractivity contribution in [2.24, 2.45) is 0 Å². The molecule has 2 aromatic rings. The number of carbonyl (C=O) groups excluding carboxylic acids is 1. The number of hydrogen-bond acceptors (Lipinski definition) is 6. The van der Waals surface area contributed by atoms with Crippen molar-refractivity contribution >= 4 is 27.3 Å². The highest BCUT2D eigenvalue weighted by atomic mass is 32.2. The predicted molar refractivity (Wildman–Crippen MR) is 89.3 cm³/mol. The second-order valence-corrected chi connectivity index (χ2v) is 7.96. The summed E-state index contributed by atoms with van der Waals surface area (Å²) in [4.78, 5) is 16.8. The van der Waals surface area contributed by atoms with Crippen LogP contribution in [0.3, 0.4) is 0 Å². The number of thiophene rings is 1. The molecule has 0 radical (unpaired) electrons. The van der Waals surface area contributed by atoms with Crippen molar-refractivity contribution in [2.45, 2.75) is 11.4 Å². The fraction of sp³-hybridized carbons (Fsp3) is 0.333. The molecular formula is C15H17N3O4S2. The summed E-state index contributed by atoms with van der Waals surface area (Å²) < 4.78 is 32.0. The van der Waals surface area contributed by atoms with Gasteiger partial charge < -0.3 is 10.1 Å². The zero-order chi connectivity index (χ0) is 17.0. The molecule has 0 bridgehead atoms. The van der Waals surface area contributed by atoms with E-state index in [1.54, 1.807) is 23.7 Å². The Morgan fingerprint density at radius 3 is 2.79 bits per heavy atom. The van der Waals surface area contributed by atoms with Crippen molar-refractivity contribution in [1.29, 1.82) is 0 Å². The van der Waals surface area contributed by atoms with E-state index in [4.69, 9.17) is 4.74 Å². The van der Waals surface area contributed by atoms with Crippen LogP contribution >= 0.6 is 11.3 Å². The Bertz CT molecular complexity index is 799. The van der Waals surface area contributed by atoms with E-state index in [0.29, 0.717) is 32.0 Å². The lowest BCUT2D eigenvalue weighted by Gasteiger charge is -2.26. The summed E-state index contributed by atoms with van der Waals surface area (Å²) in [6.07, 6.45) is 1.64. The van der Waals surface area contributed by atoms with Gasteiger partial charge in [-0.2, -0.15) is 4.31 Å². The lowest BCUT2D eigenvalue weighted by Crippen LogP contribution is -2.41. The maximum absolute atomic E-state index is 12.7. The number of ether oxygens (including phenoxy) is 1. The Kier molecular flexibility index (Phi) is 5.24. The summed E-state index contributed by atoms with van der Waals surface area (Å²) in [5.41, 5.74) is 0.708. The van der Waals surface area contributed by atoms with Crippen LogP contribution in [0.15, 0.2) is 40.7 Å². The van der Waals surface area contributed by atoms with E-state index in [1.165, 1.54) is 10.4 Å². The number of carbonyl (C=O) groups is 1. The normalized spacial score (nSPS) is 16.0. The molecule has 9 heteroatoms. The van der Waals surface area contributed by atoms with Crippen LogP contribution in [0.5, 0.6) is 0 Å². The average molecular weight is 367 g/mol. The standard InChI is InChI=1S/C15H17N3O4S2/c19-15(17-11-12-3-1-2-5-16-12)14-13(4-10-23-14)24(20,21)18-6-8-22-9-7-18/h1-5,10H,6-9,11H2,(H,17,19). The number of nitrogens with zero attached hydrogens (tertiary/aromatic N) is 2. The zero-order valence-corrected chi connectivity index (χ0v) is 14.5. The van der Waals surface area contributed by atoms with Gasteiger partial charge in [-0.05, 0) is 23.6 Å². The number of rotatable bonds is 5. The van der Waals surface area contributed by atoms with Crippen LogP contribution in [-0.2, 0) is 21.3 Å². The van der Waals surface area contributed by atoms with Gasteiger partial charge in [0.1, 0.15) is 9.77 Å². The van der Waals surface area contributed by atoms with Gasteiger partial charge in [-0.15, -0.1) is 11.3 Å². The van der Waals surface area contributed by atoms with Crippen LogP contribution in [-0.4, -0.2) is 49.9 Å². The molecule has 3 rings (SSSR count). The van der Waals surface area contributed by atoms with E-state index in [-0.39, 0.29) is 16.3 Å². The van der Waals surface area contributed by atoms with E-state index in [0.717, 1.165) is 11.3 Å². The first-order chi connectivity index (χ1) is 11.6. The molecule has 1 fully saturated rings. The molecular weight excluding hydrogens is 350 g/mol. The second kappa shape index (κ2) is 7.39. The SMILES string of the molecule is O=C(NCc1ccccn1)c1sccc1S(=O)(=O)N1CCOCC1. The summed E-state index contributed by atoms with van der Waals surface area (Å²) in [6.45, 7) is 1.57. The Morgan fingerprint density at radius 1 is 1.29 bits per heavy atom. The largest absolute Gasteiger partial charge is 0.379 e. The summed E-state index contributed by atoms with van der Waals surface area (Å²) in [5, 5.41) is 4.33. The highest BCUT2D eigenvalue weighted by Gasteiger charge is 2.31. The van der Waals surface area contributed by atoms with Gasteiger partial charge in [0, 0.05) is 19.3 Å². The minimum atomic E-state index is -3.69. The highest BCUT2D eigenvalue weighted by Crippen LogP contribution is 2.25. The molecule has 0 aromatic carbocycles. The Balaban J connectivity index is 1.75. The molecule has 0 aliphatic carbocycles. The first-order valence-electron chi connectivity index (χ1n) is 7.42. The van der Waals surface area contributed by atoms with Crippen LogP contribution < -0.4 is 5.32 Å². The Hall–Kier alpha value is -1.81. The second-order valence-electron chi connectivity index (χ2n) is 5.13. The lowest BCUT2D eigenvalue weighted by atomic mass is 10.3. The maximum atomic E-state index is 12.7. The van der Waals surface area contributed by atoms with Crippen LogP contribution in [0, 0.1) is 0 Å². The number of amides is 1. The number of morpholine rings is 1. The van der Waals surface area contributed by atoms with Gasteiger partial charge in [0.2, 0.25) is 10.0 Å². The van der Waals surface area contributed by atoms with Crippen LogP contribution in [0.1, 0.15) is 15.4 Å². The molecule has 7 nitrogen and oxygen atoms in total. The van der Waals surface area contributed by atoms with Crippen LogP contribution in [0.2, 0.25) is 0 Å². The molecule has 1 N–H and O–H groups in total. The third-order valence-electron chi connectivity index (χ3n) is 3.58. The number of aromatic nitrogens is 1.